The van der Waals surface area contributed by atoms with Crippen molar-refractivity contribution in [2.45, 2.75) is 13.8 Å². The molecule has 3 N–H and O–H groups in total. The van der Waals surface area contributed by atoms with E-state index < -0.39 is 0 Å². The van der Waals surface area contributed by atoms with Gasteiger partial charge in [-0.15, -0.1) is 0 Å². The maximum absolute atomic E-state index is 11.7. The van der Waals surface area contributed by atoms with Gasteiger partial charge in [-0.3, -0.25) is 4.79 Å². The lowest BCUT2D eigenvalue weighted by Gasteiger charge is -2.06. The number of aryl methyl sites for hydroxylation is 2. The van der Waals surface area contributed by atoms with Crippen molar-refractivity contribution in [1.29, 1.82) is 0 Å². The number of phenolic OH excluding ortho intramolecular Hbond substituents is 1. The van der Waals surface area contributed by atoms with Crippen LogP contribution in [-0.2, 0) is 4.79 Å². The first-order chi connectivity index (χ1) is 11.0. The topological polar surface area (TPSA) is 73.7 Å². The van der Waals surface area contributed by atoms with E-state index >= 15 is 0 Å². The van der Waals surface area contributed by atoms with Crippen LogP contribution in [0.25, 0.3) is 0 Å². The van der Waals surface area contributed by atoms with Crippen molar-refractivity contribution in [3.63, 3.8) is 0 Å². The third-order valence-corrected chi connectivity index (χ3v) is 3.65. The van der Waals surface area contributed by atoms with Crippen molar-refractivity contribution in [3.8, 4) is 5.75 Å². The van der Waals surface area contributed by atoms with Gasteiger partial charge in [-0.2, -0.15) is 5.10 Å². The molecular weight excluding hydrogens is 358 g/mol. The van der Waals surface area contributed by atoms with E-state index in [0.717, 1.165) is 21.3 Å². The molecule has 5 nitrogen and oxygen atoms in total. The zero-order valence-electron chi connectivity index (χ0n) is 12.9. The summed E-state index contributed by atoms with van der Waals surface area (Å²) in [5, 5.41) is 16.8. The highest BCUT2D eigenvalue weighted by molar-refractivity contribution is 9.10. The van der Waals surface area contributed by atoms with Gasteiger partial charge in [-0.1, -0.05) is 33.6 Å². The fraction of sp³-hybridized carbons (Fsp3) is 0.176. The average molecular weight is 376 g/mol. The zero-order valence-corrected chi connectivity index (χ0v) is 14.5. The molecule has 0 saturated heterocycles. The molecule has 120 valence electrons. The van der Waals surface area contributed by atoms with E-state index in [2.05, 4.69) is 31.8 Å². The predicted molar refractivity (Wildman–Crippen MR) is 95.9 cm³/mol. The highest BCUT2D eigenvalue weighted by atomic mass is 79.9. The number of phenols is 1. The Hall–Kier alpha value is -2.34. The summed E-state index contributed by atoms with van der Waals surface area (Å²) in [5.74, 6) is -0.128. The molecule has 0 aliphatic heterocycles. The van der Waals surface area contributed by atoms with Crippen molar-refractivity contribution in [2.24, 2.45) is 5.10 Å². The lowest BCUT2D eigenvalue weighted by molar-refractivity contribution is -0.119. The SMILES string of the molecule is Cc1ccc(NCC(=O)N/N=C\c2cc(Br)cc(C)c2O)cc1. The molecular formula is C17H18BrN3O2. The normalized spacial score (nSPS) is 10.7. The first kappa shape index (κ1) is 17.0. The van der Waals surface area contributed by atoms with Gasteiger partial charge in [0.25, 0.3) is 5.91 Å². The van der Waals surface area contributed by atoms with E-state index in [1.807, 2.05) is 31.2 Å². The lowest BCUT2D eigenvalue weighted by atomic mass is 10.1. The second-order valence-electron chi connectivity index (χ2n) is 5.17. The molecule has 0 aromatic heterocycles. The van der Waals surface area contributed by atoms with Crippen LogP contribution in [0.1, 0.15) is 16.7 Å². The van der Waals surface area contributed by atoms with Crippen molar-refractivity contribution in [2.75, 3.05) is 11.9 Å². The predicted octanol–water partition coefficient (Wildman–Crippen LogP) is 3.33. The first-order valence-corrected chi connectivity index (χ1v) is 7.86. The van der Waals surface area contributed by atoms with Crippen LogP contribution in [0.5, 0.6) is 5.75 Å². The Bertz CT molecular complexity index is 727. The van der Waals surface area contributed by atoms with Gasteiger partial charge in [0.2, 0.25) is 0 Å². The molecule has 0 saturated carbocycles. The summed E-state index contributed by atoms with van der Waals surface area (Å²) in [4.78, 5) is 11.7. The van der Waals surface area contributed by atoms with Crippen molar-refractivity contribution < 1.29 is 9.90 Å². The standard InChI is InChI=1S/C17H18BrN3O2/c1-11-3-5-15(6-4-11)19-10-16(22)21-20-9-13-8-14(18)7-12(2)17(13)23/h3-9,19,23H,10H2,1-2H3,(H,21,22)/b20-9-. The molecule has 0 heterocycles. The number of hydrazone groups is 1. The number of nitrogens with zero attached hydrogens (tertiary/aromatic N) is 1. The molecule has 6 heteroatoms. The van der Waals surface area contributed by atoms with E-state index in [0.29, 0.717) is 5.56 Å². The van der Waals surface area contributed by atoms with Gasteiger partial charge in [0.1, 0.15) is 5.75 Å². The maximum atomic E-state index is 11.7. The third-order valence-electron chi connectivity index (χ3n) is 3.19. The van der Waals surface area contributed by atoms with E-state index in [-0.39, 0.29) is 18.2 Å². The number of hydrogen-bond donors (Lipinski definition) is 3. The quantitative estimate of drug-likeness (QED) is 0.554. The average Bonchev–Trinajstić information content (AvgIpc) is 2.51. The molecule has 0 bridgehead atoms. The van der Waals surface area contributed by atoms with Gasteiger partial charge in [0.05, 0.1) is 12.8 Å². The second-order valence-corrected chi connectivity index (χ2v) is 6.09. The number of carbonyl (C=O) groups excluding carboxylic acids is 1. The number of anilines is 1. The van der Waals surface area contributed by atoms with Crippen molar-refractivity contribution >= 4 is 33.7 Å². The number of rotatable bonds is 5. The monoisotopic (exact) mass is 375 g/mol. The number of nitrogens with one attached hydrogen (secondary N) is 2. The maximum Gasteiger partial charge on any atom is 0.259 e. The number of carbonyl (C=O) groups is 1. The van der Waals surface area contributed by atoms with Crippen LogP contribution in [0, 0.1) is 13.8 Å². The van der Waals surface area contributed by atoms with Gasteiger partial charge in [0, 0.05) is 15.7 Å². The number of amides is 1. The first-order valence-electron chi connectivity index (χ1n) is 7.07. The summed E-state index contributed by atoms with van der Waals surface area (Å²) in [6.07, 6.45) is 1.41. The minimum Gasteiger partial charge on any atom is -0.507 e. The molecule has 0 aliphatic rings. The Morgan fingerprint density at radius 3 is 2.65 bits per heavy atom. The Balaban J connectivity index is 1.88. The van der Waals surface area contributed by atoms with Gasteiger partial charge in [-0.05, 0) is 43.7 Å². The molecule has 1 amide bonds. The van der Waals surface area contributed by atoms with E-state index in [9.17, 15) is 9.90 Å². The zero-order chi connectivity index (χ0) is 16.8. The van der Waals surface area contributed by atoms with Crippen LogP contribution in [0.2, 0.25) is 0 Å². The molecule has 0 fully saturated rings. The largest absolute Gasteiger partial charge is 0.507 e. The summed E-state index contributed by atoms with van der Waals surface area (Å²) >= 11 is 3.35. The van der Waals surface area contributed by atoms with E-state index in [4.69, 9.17) is 0 Å². The Kier molecular flexibility index (Phi) is 5.76. The molecule has 0 atom stereocenters. The molecule has 0 radical (unpaired) electrons. The summed E-state index contributed by atoms with van der Waals surface area (Å²) in [5.41, 5.74) is 5.71. The van der Waals surface area contributed by atoms with Gasteiger partial charge in [-0.25, -0.2) is 5.43 Å². The second kappa shape index (κ2) is 7.78. The van der Waals surface area contributed by atoms with Gasteiger partial charge < -0.3 is 10.4 Å². The van der Waals surface area contributed by atoms with Gasteiger partial charge >= 0.3 is 0 Å². The highest BCUT2D eigenvalue weighted by Crippen LogP contribution is 2.25. The van der Waals surface area contributed by atoms with Crippen LogP contribution >= 0.6 is 15.9 Å². The molecule has 2 rings (SSSR count). The van der Waals surface area contributed by atoms with Crippen molar-refractivity contribution in [1.82, 2.24) is 5.43 Å². The number of aromatic hydroxyl groups is 1. The minimum absolute atomic E-state index is 0.115. The molecule has 0 unspecified atom stereocenters. The molecule has 0 aliphatic carbocycles. The smallest absolute Gasteiger partial charge is 0.259 e. The number of benzene rings is 2. The molecule has 2 aromatic carbocycles. The third kappa shape index (κ3) is 5.10. The molecule has 23 heavy (non-hydrogen) atoms. The lowest BCUT2D eigenvalue weighted by Crippen LogP contribution is -2.25. The number of halogens is 1. The van der Waals surface area contributed by atoms with E-state index in [1.54, 1.807) is 19.1 Å². The van der Waals surface area contributed by atoms with Gasteiger partial charge in [0.15, 0.2) is 0 Å². The fourth-order valence-electron chi connectivity index (χ4n) is 1.93. The fourth-order valence-corrected chi connectivity index (χ4v) is 2.52. The molecule has 2 aromatic rings. The molecule has 0 spiro atoms. The summed E-state index contributed by atoms with van der Waals surface area (Å²) < 4.78 is 0.835. The minimum atomic E-state index is -0.270. The summed E-state index contributed by atoms with van der Waals surface area (Å²) in [6, 6.07) is 11.3. The Morgan fingerprint density at radius 2 is 1.96 bits per heavy atom. The summed E-state index contributed by atoms with van der Waals surface area (Å²) in [7, 11) is 0. The van der Waals surface area contributed by atoms with Crippen LogP contribution in [0.4, 0.5) is 5.69 Å². The highest BCUT2D eigenvalue weighted by Gasteiger charge is 2.04. The Labute approximate surface area is 143 Å². The van der Waals surface area contributed by atoms with Crippen LogP contribution in [0.15, 0.2) is 46.0 Å². The summed E-state index contributed by atoms with van der Waals surface area (Å²) in [6.45, 7) is 3.91. The number of hydrogen-bond acceptors (Lipinski definition) is 4. The van der Waals surface area contributed by atoms with E-state index in [1.165, 1.54) is 6.21 Å². The van der Waals surface area contributed by atoms with Crippen LogP contribution in [0.3, 0.4) is 0 Å². The van der Waals surface area contributed by atoms with Crippen LogP contribution < -0.4 is 10.7 Å². The van der Waals surface area contributed by atoms with Crippen LogP contribution in [-0.4, -0.2) is 23.8 Å². The Morgan fingerprint density at radius 1 is 1.26 bits per heavy atom. The van der Waals surface area contributed by atoms with Crippen molar-refractivity contribution in [3.05, 3.63) is 57.6 Å².